The van der Waals surface area contributed by atoms with Crippen LogP contribution in [0, 0.1) is 5.82 Å². The zero-order chi connectivity index (χ0) is 15.3. The Labute approximate surface area is 128 Å². The molecule has 0 saturated heterocycles. The highest BCUT2D eigenvalue weighted by Gasteiger charge is 2.17. The van der Waals surface area contributed by atoms with E-state index in [2.05, 4.69) is 17.0 Å². The van der Waals surface area contributed by atoms with Crippen LogP contribution in [0.2, 0.25) is 0 Å². The second-order valence-corrected chi connectivity index (χ2v) is 7.59. The zero-order valence-electron chi connectivity index (χ0n) is 11.6. The van der Waals surface area contributed by atoms with E-state index in [9.17, 15) is 12.8 Å². The lowest BCUT2D eigenvalue weighted by Gasteiger charge is -2.06. The van der Waals surface area contributed by atoms with Crippen LogP contribution in [-0.4, -0.2) is 15.0 Å². The summed E-state index contributed by atoms with van der Waals surface area (Å²) in [5.41, 5.74) is 0.217. The minimum absolute atomic E-state index is 0.217. The van der Waals surface area contributed by atoms with Crippen molar-refractivity contribution in [3.63, 3.8) is 0 Å². The largest absolute Gasteiger partial charge is 0.312 e. The first kappa shape index (κ1) is 15.9. The van der Waals surface area contributed by atoms with Gasteiger partial charge in [0, 0.05) is 11.4 Å². The Balaban J connectivity index is 2.09. The summed E-state index contributed by atoms with van der Waals surface area (Å²) < 4.78 is 40.1. The molecule has 0 aliphatic rings. The van der Waals surface area contributed by atoms with E-state index in [-0.39, 0.29) is 9.90 Å². The molecule has 114 valence electrons. The summed E-state index contributed by atoms with van der Waals surface area (Å²) in [6, 6.07) is 8.73. The smallest absolute Gasteiger partial charge is 0.271 e. The predicted molar refractivity (Wildman–Crippen MR) is 83.5 cm³/mol. The molecule has 2 aromatic rings. The number of halogens is 1. The fourth-order valence-electron chi connectivity index (χ4n) is 1.74. The molecule has 4 nitrogen and oxygen atoms in total. The lowest BCUT2D eigenvalue weighted by atomic mass is 10.3. The van der Waals surface area contributed by atoms with E-state index in [1.807, 2.05) is 0 Å². The maximum Gasteiger partial charge on any atom is 0.271 e. The second-order valence-electron chi connectivity index (χ2n) is 4.51. The Morgan fingerprint density at radius 1 is 1.24 bits per heavy atom. The van der Waals surface area contributed by atoms with E-state index in [1.54, 1.807) is 12.1 Å². The minimum Gasteiger partial charge on any atom is -0.312 e. The summed E-state index contributed by atoms with van der Waals surface area (Å²) in [4.78, 5) is 0.947. The number of nitrogens with one attached hydrogen (secondary N) is 2. The number of hydrogen-bond donors (Lipinski definition) is 2. The number of thiophene rings is 1. The zero-order valence-corrected chi connectivity index (χ0v) is 13.2. The highest BCUT2D eigenvalue weighted by molar-refractivity contribution is 7.94. The van der Waals surface area contributed by atoms with Crippen molar-refractivity contribution in [2.24, 2.45) is 0 Å². The Hall–Kier alpha value is -1.44. The number of sulfonamides is 1. The lowest BCUT2D eigenvalue weighted by Crippen LogP contribution is -2.13. The molecule has 0 fully saturated rings. The molecule has 1 aromatic carbocycles. The third-order valence-corrected chi connectivity index (χ3v) is 5.66. The van der Waals surface area contributed by atoms with Crippen LogP contribution in [0.4, 0.5) is 10.1 Å². The average molecular weight is 328 g/mol. The van der Waals surface area contributed by atoms with Crippen LogP contribution in [-0.2, 0) is 16.6 Å². The number of rotatable bonds is 7. The van der Waals surface area contributed by atoms with Crippen LogP contribution in [0.1, 0.15) is 18.2 Å². The summed E-state index contributed by atoms with van der Waals surface area (Å²) >= 11 is 1.21. The highest BCUT2D eigenvalue weighted by Crippen LogP contribution is 2.24. The number of hydrogen-bond acceptors (Lipinski definition) is 4. The molecule has 0 amide bonds. The van der Waals surface area contributed by atoms with Gasteiger partial charge in [-0.25, -0.2) is 12.8 Å². The molecule has 1 heterocycles. The SMILES string of the molecule is CCCNCc1ccc(S(=O)(=O)Nc2cccc(F)c2)s1. The Bertz CT molecular complexity index is 699. The van der Waals surface area contributed by atoms with Crippen LogP contribution in [0.5, 0.6) is 0 Å². The lowest BCUT2D eigenvalue weighted by molar-refractivity contribution is 0.603. The summed E-state index contributed by atoms with van der Waals surface area (Å²) in [6.07, 6.45) is 1.03. The van der Waals surface area contributed by atoms with Gasteiger partial charge in [-0.1, -0.05) is 13.0 Å². The van der Waals surface area contributed by atoms with Gasteiger partial charge in [0.15, 0.2) is 0 Å². The molecule has 7 heteroatoms. The van der Waals surface area contributed by atoms with Gasteiger partial charge in [-0.2, -0.15) is 0 Å². The van der Waals surface area contributed by atoms with E-state index < -0.39 is 15.8 Å². The minimum atomic E-state index is -3.67. The van der Waals surface area contributed by atoms with Crippen molar-refractivity contribution >= 4 is 27.0 Å². The maximum absolute atomic E-state index is 13.1. The summed E-state index contributed by atoms with van der Waals surface area (Å²) in [6.45, 7) is 3.61. The van der Waals surface area contributed by atoms with Crippen LogP contribution < -0.4 is 10.0 Å². The number of benzene rings is 1. The normalized spacial score (nSPS) is 11.5. The summed E-state index contributed by atoms with van der Waals surface area (Å²) in [5, 5.41) is 3.22. The van der Waals surface area contributed by atoms with Gasteiger partial charge >= 0.3 is 0 Å². The molecule has 0 aliphatic heterocycles. The standard InChI is InChI=1S/C14H17FN2O2S2/c1-2-8-16-10-13-6-7-14(20-13)21(18,19)17-12-5-3-4-11(15)9-12/h3-7,9,16-17H,2,8,10H2,1H3. The maximum atomic E-state index is 13.1. The van der Waals surface area contributed by atoms with Crippen molar-refractivity contribution in [1.82, 2.24) is 5.32 Å². The molecular weight excluding hydrogens is 311 g/mol. The molecule has 2 N–H and O–H groups in total. The second kappa shape index (κ2) is 7.02. The third-order valence-electron chi connectivity index (χ3n) is 2.70. The molecule has 0 spiro atoms. The Morgan fingerprint density at radius 3 is 2.76 bits per heavy atom. The first-order chi connectivity index (χ1) is 10.0. The highest BCUT2D eigenvalue weighted by atomic mass is 32.2. The van der Waals surface area contributed by atoms with Crippen LogP contribution in [0.25, 0.3) is 0 Å². The predicted octanol–water partition coefficient (Wildman–Crippen LogP) is 3.19. The van der Waals surface area contributed by atoms with Crippen molar-refractivity contribution in [1.29, 1.82) is 0 Å². The van der Waals surface area contributed by atoms with Gasteiger partial charge < -0.3 is 5.32 Å². The van der Waals surface area contributed by atoms with Gasteiger partial charge in [0.25, 0.3) is 10.0 Å². The molecule has 0 atom stereocenters. The first-order valence-corrected chi connectivity index (χ1v) is 8.89. The average Bonchev–Trinajstić information content (AvgIpc) is 2.88. The molecule has 0 saturated carbocycles. The van der Waals surface area contributed by atoms with E-state index in [0.717, 1.165) is 23.9 Å². The van der Waals surface area contributed by atoms with Crippen LogP contribution in [0.15, 0.2) is 40.6 Å². The third kappa shape index (κ3) is 4.52. The van der Waals surface area contributed by atoms with Gasteiger partial charge in [0.2, 0.25) is 0 Å². The number of anilines is 1. The van der Waals surface area contributed by atoms with Crippen molar-refractivity contribution in [2.45, 2.75) is 24.1 Å². The molecular formula is C14H17FN2O2S2. The van der Waals surface area contributed by atoms with Crippen molar-refractivity contribution in [3.8, 4) is 0 Å². The molecule has 1 aromatic heterocycles. The van der Waals surface area contributed by atoms with Gasteiger partial charge in [0.1, 0.15) is 10.0 Å². The Kier molecular flexibility index (Phi) is 5.33. The molecule has 2 rings (SSSR count). The van der Waals surface area contributed by atoms with Gasteiger partial charge in [-0.15, -0.1) is 11.3 Å². The van der Waals surface area contributed by atoms with Gasteiger partial charge in [-0.05, 0) is 43.3 Å². The fourth-order valence-corrected chi connectivity index (χ4v) is 4.12. The molecule has 21 heavy (non-hydrogen) atoms. The summed E-state index contributed by atoms with van der Waals surface area (Å²) in [7, 11) is -3.67. The van der Waals surface area contributed by atoms with Gasteiger partial charge in [-0.3, -0.25) is 4.72 Å². The van der Waals surface area contributed by atoms with Crippen LogP contribution in [0.3, 0.4) is 0 Å². The van der Waals surface area contributed by atoms with Crippen molar-refractivity contribution < 1.29 is 12.8 Å². The van der Waals surface area contributed by atoms with E-state index in [4.69, 9.17) is 0 Å². The molecule has 0 unspecified atom stereocenters. The summed E-state index contributed by atoms with van der Waals surface area (Å²) in [5.74, 6) is -0.481. The van der Waals surface area contributed by atoms with Crippen LogP contribution >= 0.6 is 11.3 Å². The monoisotopic (exact) mass is 328 g/mol. The molecule has 0 bridgehead atoms. The molecule has 0 radical (unpaired) electrons. The van der Waals surface area contributed by atoms with Gasteiger partial charge in [0.05, 0.1) is 5.69 Å². The van der Waals surface area contributed by atoms with E-state index >= 15 is 0 Å². The van der Waals surface area contributed by atoms with E-state index in [0.29, 0.717) is 6.54 Å². The van der Waals surface area contributed by atoms with E-state index in [1.165, 1.54) is 29.5 Å². The fraction of sp³-hybridized carbons (Fsp3) is 0.286. The first-order valence-electron chi connectivity index (χ1n) is 6.59. The quantitative estimate of drug-likeness (QED) is 0.768. The molecule has 0 aliphatic carbocycles. The van der Waals surface area contributed by atoms with Crippen molar-refractivity contribution in [2.75, 3.05) is 11.3 Å². The van der Waals surface area contributed by atoms with Crippen molar-refractivity contribution in [3.05, 3.63) is 47.1 Å². The topological polar surface area (TPSA) is 58.2 Å². The Morgan fingerprint density at radius 2 is 2.05 bits per heavy atom.